The van der Waals surface area contributed by atoms with Crippen LogP contribution >= 0.6 is 0 Å². The molecule has 6 heteroatoms. The van der Waals surface area contributed by atoms with Crippen LogP contribution < -0.4 is 22.1 Å². The third kappa shape index (κ3) is 9.62. The first kappa shape index (κ1) is 21.3. The minimum Gasteiger partial charge on any atom is -0.370 e. The molecule has 0 saturated heterocycles. The number of nitrogens with zero attached hydrogens (tertiary/aromatic N) is 2. The number of hydrogen-bond donors (Lipinski definition) is 4. The van der Waals surface area contributed by atoms with Crippen LogP contribution in [0.1, 0.15) is 36.8 Å². The lowest BCUT2D eigenvalue weighted by atomic mass is 10.2. The van der Waals surface area contributed by atoms with Crippen LogP contribution in [-0.4, -0.2) is 25.0 Å². The highest BCUT2D eigenvalue weighted by Gasteiger charge is 1.96. The highest BCUT2D eigenvalue weighted by Crippen LogP contribution is 2.01. The van der Waals surface area contributed by atoms with Crippen molar-refractivity contribution in [2.45, 2.75) is 38.8 Å². The fourth-order valence-electron chi connectivity index (χ4n) is 2.67. The van der Waals surface area contributed by atoms with E-state index in [0.717, 1.165) is 49.9 Å². The summed E-state index contributed by atoms with van der Waals surface area (Å²) in [6.45, 7) is 2.91. The van der Waals surface area contributed by atoms with Gasteiger partial charge in [-0.15, -0.1) is 0 Å². The summed E-state index contributed by atoms with van der Waals surface area (Å²) in [5.74, 6) is 1.01. The van der Waals surface area contributed by atoms with Gasteiger partial charge in [-0.1, -0.05) is 73.5 Å². The van der Waals surface area contributed by atoms with Gasteiger partial charge < -0.3 is 22.1 Å². The molecular weight excluding hydrogens is 348 g/mol. The molecule has 6 nitrogen and oxygen atoms in total. The van der Waals surface area contributed by atoms with Crippen LogP contribution in [0.25, 0.3) is 0 Å². The monoisotopic (exact) mass is 380 g/mol. The van der Waals surface area contributed by atoms with Crippen molar-refractivity contribution in [3.63, 3.8) is 0 Å². The van der Waals surface area contributed by atoms with E-state index in [2.05, 4.69) is 20.6 Å². The van der Waals surface area contributed by atoms with Crippen LogP contribution in [-0.2, 0) is 13.1 Å². The first-order valence-electron chi connectivity index (χ1n) is 9.89. The van der Waals surface area contributed by atoms with Gasteiger partial charge in [0.25, 0.3) is 0 Å². The molecule has 28 heavy (non-hydrogen) atoms. The minimum atomic E-state index is 0.507. The number of unbranched alkanes of at least 4 members (excludes halogenated alkanes) is 3. The average molecular weight is 381 g/mol. The number of nitrogens with two attached hydrogens (primary N) is 2. The van der Waals surface area contributed by atoms with E-state index in [9.17, 15) is 0 Å². The summed E-state index contributed by atoms with van der Waals surface area (Å²) in [4.78, 5) is 8.69. The van der Waals surface area contributed by atoms with Gasteiger partial charge in [-0.25, -0.2) is 9.98 Å². The molecule has 0 fully saturated rings. The molecule has 2 rings (SSSR count). The Kier molecular flexibility index (Phi) is 10.0. The van der Waals surface area contributed by atoms with Gasteiger partial charge in [0, 0.05) is 13.1 Å². The topological polar surface area (TPSA) is 101 Å². The zero-order valence-electron chi connectivity index (χ0n) is 16.5. The Morgan fingerprint density at radius 1 is 0.607 bits per heavy atom. The fraction of sp³-hybridized carbons (Fsp3) is 0.364. The fourth-order valence-corrected chi connectivity index (χ4v) is 2.67. The smallest absolute Gasteiger partial charge is 0.188 e. The molecule has 0 heterocycles. The van der Waals surface area contributed by atoms with Gasteiger partial charge in [-0.05, 0) is 24.0 Å². The van der Waals surface area contributed by atoms with Crippen LogP contribution in [0, 0.1) is 0 Å². The maximum Gasteiger partial charge on any atom is 0.188 e. The number of aliphatic imine (C=N–C) groups is 2. The van der Waals surface area contributed by atoms with E-state index < -0.39 is 0 Å². The molecule has 0 aliphatic heterocycles. The summed E-state index contributed by atoms with van der Waals surface area (Å²) in [6, 6.07) is 20.2. The van der Waals surface area contributed by atoms with Crippen molar-refractivity contribution in [2.75, 3.05) is 13.1 Å². The zero-order valence-corrected chi connectivity index (χ0v) is 16.5. The normalized spacial score (nSPS) is 12.0. The van der Waals surface area contributed by atoms with Gasteiger partial charge in [0.1, 0.15) is 0 Å². The SMILES string of the molecule is NC(=NCc1ccccc1)NCCCCCCNC(N)=NCc1ccccc1. The number of rotatable bonds is 11. The minimum absolute atomic E-state index is 0.507. The Morgan fingerprint density at radius 2 is 1.00 bits per heavy atom. The lowest BCUT2D eigenvalue weighted by Crippen LogP contribution is -2.33. The van der Waals surface area contributed by atoms with Crippen LogP contribution in [0.4, 0.5) is 0 Å². The van der Waals surface area contributed by atoms with E-state index in [0.29, 0.717) is 25.0 Å². The first-order valence-corrected chi connectivity index (χ1v) is 9.89. The van der Waals surface area contributed by atoms with Gasteiger partial charge in [0.05, 0.1) is 13.1 Å². The van der Waals surface area contributed by atoms with E-state index in [1.165, 1.54) is 0 Å². The quantitative estimate of drug-likeness (QED) is 0.273. The molecule has 0 unspecified atom stereocenters. The van der Waals surface area contributed by atoms with Crippen molar-refractivity contribution in [2.24, 2.45) is 21.5 Å². The molecule has 0 amide bonds. The van der Waals surface area contributed by atoms with Gasteiger partial charge >= 0.3 is 0 Å². The second-order valence-electron chi connectivity index (χ2n) is 6.64. The summed E-state index contributed by atoms with van der Waals surface area (Å²) in [5, 5.41) is 6.33. The third-order valence-corrected chi connectivity index (χ3v) is 4.27. The molecule has 6 N–H and O–H groups in total. The summed E-state index contributed by atoms with van der Waals surface area (Å²) in [7, 11) is 0. The molecule has 0 aliphatic rings. The molecule has 0 aromatic heterocycles. The average Bonchev–Trinajstić information content (AvgIpc) is 2.74. The van der Waals surface area contributed by atoms with E-state index in [4.69, 9.17) is 11.5 Å². The molecule has 0 aliphatic carbocycles. The summed E-state index contributed by atoms with van der Waals surface area (Å²) >= 11 is 0. The van der Waals surface area contributed by atoms with Crippen molar-refractivity contribution >= 4 is 11.9 Å². The zero-order chi connectivity index (χ0) is 19.9. The first-order chi connectivity index (χ1) is 13.7. The molecule has 0 saturated carbocycles. The lowest BCUT2D eigenvalue weighted by molar-refractivity contribution is 0.621. The molecule has 0 radical (unpaired) electrons. The van der Waals surface area contributed by atoms with E-state index >= 15 is 0 Å². The van der Waals surface area contributed by atoms with Crippen molar-refractivity contribution in [1.82, 2.24) is 10.6 Å². The second-order valence-corrected chi connectivity index (χ2v) is 6.64. The Morgan fingerprint density at radius 3 is 1.39 bits per heavy atom. The van der Waals surface area contributed by atoms with Crippen LogP contribution in [0.15, 0.2) is 70.6 Å². The van der Waals surface area contributed by atoms with Crippen LogP contribution in [0.3, 0.4) is 0 Å². The summed E-state index contributed by atoms with van der Waals surface area (Å²) in [5.41, 5.74) is 14.1. The standard InChI is InChI=1S/C22H32N6/c23-21(27-17-19-11-5-3-6-12-19)25-15-9-1-2-10-16-26-22(24)28-18-20-13-7-4-8-14-20/h3-8,11-14H,1-2,9-10,15-18H2,(H3,23,25,27)(H3,24,26,28). The Labute approximate surface area is 168 Å². The van der Waals surface area contributed by atoms with Crippen LogP contribution in [0.5, 0.6) is 0 Å². The Balaban J connectivity index is 1.46. The Bertz CT molecular complexity index is 649. The third-order valence-electron chi connectivity index (χ3n) is 4.27. The van der Waals surface area contributed by atoms with Gasteiger partial charge in [-0.3, -0.25) is 0 Å². The highest BCUT2D eigenvalue weighted by atomic mass is 15.1. The van der Waals surface area contributed by atoms with Gasteiger partial charge in [-0.2, -0.15) is 0 Å². The molecule has 0 atom stereocenters. The number of guanidine groups is 2. The molecule has 0 spiro atoms. The molecular formula is C22H32N6. The van der Waals surface area contributed by atoms with E-state index in [1.807, 2.05) is 60.7 Å². The van der Waals surface area contributed by atoms with E-state index in [1.54, 1.807) is 0 Å². The largest absolute Gasteiger partial charge is 0.370 e. The van der Waals surface area contributed by atoms with Gasteiger partial charge in [0.2, 0.25) is 0 Å². The molecule has 0 bridgehead atoms. The lowest BCUT2D eigenvalue weighted by Gasteiger charge is -2.07. The predicted octanol–water partition coefficient (Wildman–Crippen LogP) is 2.76. The van der Waals surface area contributed by atoms with Crippen molar-refractivity contribution in [1.29, 1.82) is 0 Å². The Hall–Kier alpha value is -3.02. The maximum absolute atomic E-state index is 5.89. The molecule has 2 aromatic carbocycles. The molecule has 2 aromatic rings. The predicted molar refractivity (Wildman–Crippen MR) is 118 cm³/mol. The van der Waals surface area contributed by atoms with Crippen molar-refractivity contribution < 1.29 is 0 Å². The second kappa shape index (κ2) is 13.2. The van der Waals surface area contributed by atoms with Crippen LogP contribution in [0.2, 0.25) is 0 Å². The summed E-state index contributed by atoms with van der Waals surface area (Å²) < 4.78 is 0. The summed E-state index contributed by atoms with van der Waals surface area (Å²) in [6.07, 6.45) is 4.42. The highest BCUT2D eigenvalue weighted by molar-refractivity contribution is 5.78. The number of hydrogen-bond acceptors (Lipinski definition) is 2. The molecule has 150 valence electrons. The van der Waals surface area contributed by atoms with Crippen molar-refractivity contribution in [3.05, 3.63) is 71.8 Å². The van der Waals surface area contributed by atoms with E-state index in [-0.39, 0.29) is 0 Å². The van der Waals surface area contributed by atoms with Gasteiger partial charge in [0.15, 0.2) is 11.9 Å². The number of benzene rings is 2. The maximum atomic E-state index is 5.89. The number of nitrogens with one attached hydrogen (secondary N) is 2. The van der Waals surface area contributed by atoms with Crippen molar-refractivity contribution in [3.8, 4) is 0 Å².